The van der Waals surface area contributed by atoms with Gasteiger partial charge in [0.2, 0.25) is 5.89 Å². The highest BCUT2D eigenvalue weighted by Crippen LogP contribution is 2.30. The van der Waals surface area contributed by atoms with Gasteiger partial charge in [-0.2, -0.15) is 0 Å². The average Bonchev–Trinajstić information content (AvgIpc) is 2.81. The first-order valence-electron chi connectivity index (χ1n) is 5.69. The van der Waals surface area contributed by atoms with Crippen LogP contribution in [-0.2, 0) is 17.0 Å². The van der Waals surface area contributed by atoms with Crippen LogP contribution >= 0.6 is 23.1 Å². The molecule has 5 nitrogen and oxygen atoms in total. The second-order valence-electron chi connectivity index (χ2n) is 4.10. The van der Waals surface area contributed by atoms with Gasteiger partial charge in [0.25, 0.3) is 0 Å². The van der Waals surface area contributed by atoms with Crippen LogP contribution in [0.1, 0.15) is 27.9 Å². The summed E-state index contributed by atoms with van der Waals surface area (Å²) in [4.78, 5) is 20.2. The van der Waals surface area contributed by atoms with Crippen molar-refractivity contribution in [3.63, 3.8) is 0 Å². The van der Waals surface area contributed by atoms with Gasteiger partial charge in [-0.1, -0.05) is 11.8 Å². The number of aliphatic carboxylic acids is 1. The molecular weight excluding hydrogens is 284 g/mol. The molecule has 0 saturated carbocycles. The molecule has 0 aliphatic heterocycles. The van der Waals surface area contributed by atoms with Gasteiger partial charge in [-0.3, -0.25) is 4.79 Å². The summed E-state index contributed by atoms with van der Waals surface area (Å²) in [6.45, 7) is 5.62. The number of hydrogen-bond acceptors (Lipinski definition) is 6. The lowest BCUT2D eigenvalue weighted by atomic mass is 10.3. The van der Waals surface area contributed by atoms with Crippen LogP contribution < -0.4 is 0 Å². The lowest BCUT2D eigenvalue weighted by molar-refractivity contribution is -0.136. The van der Waals surface area contributed by atoms with Crippen molar-refractivity contribution in [1.82, 2.24) is 9.97 Å². The summed E-state index contributed by atoms with van der Waals surface area (Å²) in [5.74, 6) is 1.28. The summed E-state index contributed by atoms with van der Waals surface area (Å²) in [6.07, 6.45) is 0.0290. The zero-order valence-electron chi connectivity index (χ0n) is 10.9. The minimum Gasteiger partial charge on any atom is -0.481 e. The zero-order valence-corrected chi connectivity index (χ0v) is 12.5. The molecule has 19 heavy (non-hydrogen) atoms. The summed E-state index contributed by atoms with van der Waals surface area (Å²) >= 11 is 2.94. The predicted molar refractivity (Wildman–Crippen MR) is 73.7 cm³/mol. The molecule has 1 N–H and O–H groups in total. The summed E-state index contributed by atoms with van der Waals surface area (Å²) < 4.78 is 6.34. The van der Waals surface area contributed by atoms with Crippen molar-refractivity contribution < 1.29 is 14.3 Å². The van der Waals surface area contributed by atoms with Crippen molar-refractivity contribution in [2.24, 2.45) is 0 Å². The topological polar surface area (TPSA) is 76.2 Å². The second-order valence-corrected chi connectivity index (χ2v) is 6.40. The third-order valence-electron chi connectivity index (χ3n) is 2.58. The van der Waals surface area contributed by atoms with Crippen LogP contribution in [0.3, 0.4) is 0 Å². The van der Waals surface area contributed by atoms with Crippen LogP contribution in [-0.4, -0.2) is 21.0 Å². The average molecular weight is 298 g/mol. The SMILES string of the molecule is Cc1nc(CSc2nc(C)c(CC(=O)O)s2)oc1C. The molecule has 7 heteroatoms. The number of hydrogen-bond donors (Lipinski definition) is 1. The van der Waals surface area contributed by atoms with E-state index in [1.807, 2.05) is 20.8 Å². The molecule has 0 unspecified atom stereocenters. The molecule has 0 aromatic carbocycles. The third kappa shape index (κ3) is 3.57. The van der Waals surface area contributed by atoms with Crippen molar-refractivity contribution in [2.75, 3.05) is 0 Å². The van der Waals surface area contributed by atoms with Gasteiger partial charge in [0.05, 0.1) is 23.6 Å². The second kappa shape index (κ2) is 5.75. The molecule has 0 fully saturated rings. The maximum absolute atomic E-state index is 10.7. The molecular formula is C12H14N2O3S2. The van der Waals surface area contributed by atoms with Crippen molar-refractivity contribution >= 4 is 29.1 Å². The number of carboxylic acids is 1. The zero-order chi connectivity index (χ0) is 14.0. The number of thioether (sulfide) groups is 1. The summed E-state index contributed by atoms with van der Waals surface area (Å²) in [7, 11) is 0. The molecule has 0 bridgehead atoms. The van der Waals surface area contributed by atoms with E-state index in [1.165, 1.54) is 23.1 Å². The Labute approximate surface area is 119 Å². The van der Waals surface area contributed by atoms with Crippen LogP contribution in [0, 0.1) is 20.8 Å². The first-order chi connectivity index (χ1) is 8.95. The Kier molecular flexibility index (Phi) is 4.26. The Hall–Kier alpha value is -1.34. The number of aryl methyl sites for hydroxylation is 3. The van der Waals surface area contributed by atoms with Gasteiger partial charge in [0, 0.05) is 4.88 Å². The van der Waals surface area contributed by atoms with Crippen LogP contribution in [0.15, 0.2) is 8.76 Å². The highest BCUT2D eigenvalue weighted by atomic mass is 32.2. The van der Waals surface area contributed by atoms with E-state index in [4.69, 9.17) is 9.52 Å². The number of rotatable bonds is 5. The highest BCUT2D eigenvalue weighted by molar-refractivity contribution is 8.00. The van der Waals surface area contributed by atoms with E-state index in [9.17, 15) is 4.79 Å². The van der Waals surface area contributed by atoms with Crippen LogP contribution in [0.4, 0.5) is 0 Å². The minimum absolute atomic E-state index is 0.0290. The van der Waals surface area contributed by atoms with E-state index < -0.39 is 5.97 Å². The largest absolute Gasteiger partial charge is 0.481 e. The normalized spacial score (nSPS) is 10.9. The minimum atomic E-state index is -0.831. The number of oxazole rings is 1. The number of carbonyl (C=O) groups is 1. The number of thiazole rings is 1. The van der Waals surface area contributed by atoms with Crippen molar-refractivity contribution in [3.8, 4) is 0 Å². The number of aromatic nitrogens is 2. The molecule has 0 saturated heterocycles. The first-order valence-corrected chi connectivity index (χ1v) is 7.49. The third-order valence-corrected chi connectivity index (χ3v) is 4.86. The van der Waals surface area contributed by atoms with E-state index >= 15 is 0 Å². The van der Waals surface area contributed by atoms with Gasteiger partial charge in [-0.15, -0.1) is 11.3 Å². The van der Waals surface area contributed by atoms with Gasteiger partial charge in [-0.05, 0) is 20.8 Å². The molecule has 0 aliphatic carbocycles. The fraction of sp³-hybridized carbons (Fsp3) is 0.417. The first kappa shape index (κ1) is 14.1. The molecule has 0 atom stereocenters. The standard InChI is InChI=1S/C12H14N2O3S2/c1-6-8(3)17-10(13-6)5-18-12-14-7(2)9(19-12)4-11(15)16/h4-5H2,1-3H3,(H,15,16). The predicted octanol–water partition coefficient (Wildman–Crippen LogP) is 2.98. The van der Waals surface area contributed by atoms with Crippen LogP contribution in [0.2, 0.25) is 0 Å². The van der Waals surface area contributed by atoms with E-state index in [1.54, 1.807) is 0 Å². The Morgan fingerprint density at radius 2 is 2.05 bits per heavy atom. The lowest BCUT2D eigenvalue weighted by Crippen LogP contribution is -1.99. The molecule has 2 heterocycles. The molecule has 0 amide bonds. The van der Waals surface area contributed by atoms with Crippen LogP contribution in [0.25, 0.3) is 0 Å². The van der Waals surface area contributed by atoms with Gasteiger partial charge in [0.15, 0.2) is 4.34 Å². The highest BCUT2D eigenvalue weighted by Gasteiger charge is 2.13. The van der Waals surface area contributed by atoms with Gasteiger partial charge < -0.3 is 9.52 Å². The van der Waals surface area contributed by atoms with Gasteiger partial charge >= 0.3 is 5.97 Å². The molecule has 102 valence electrons. The summed E-state index contributed by atoms with van der Waals surface area (Å²) in [5.41, 5.74) is 1.69. The monoisotopic (exact) mass is 298 g/mol. The lowest BCUT2D eigenvalue weighted by Gasteiger charge is -1.92. The summed E-state index contributed by atoms with van der Waals surface area (Å²) in [5, 5.41) is 8.79. The molecule has 0 aliphatic rings. The number of nitrogens with zero attached hydrogens (tertiary/aromatic N) is 2. The summed E-state index contributed by atoms with van der Waals surface area (Å²) in [6, 6.07) is 0. The molecule has 2 aromatic rings. The van der Waals surface area contributed by atoms with E-state index in [-0.39, 0.29) is 6.42 Å². The van der Waals surface area contributed by atoms with Crippen molar-refractivity contribution in [3.05, 3.63) is 27.9 Å². The van der Waals surface area contributed by atoms with Gasteiger partial charge in [-0.25, -0.2) is 9.97 Å². The van der Waals surface area contributed by atoms with Crippen molar-refractivity contribution in [2.45, 2.75) is 37.3 Å². The Morgan fingerprint density at radius 3 is 2.63 bits per heavy atom. The van der Waals surface area contributed by atoms with E-state index in [0.29, 0.717) is 11.6 Å². The quantitative estimate of drug-likeness (QED) is 0.855. The van der Waals surface area contributed by atoms with E-state index in [2.05, 4.69) is 9.97 Å². The fourth-order valence-corrected chi connectivity index (χ4v) is 3.56. The molecule has 0 radical (unpaired) electrons. The number of carboxylic acid groups (broad SMARTS) is 1. The smallest absolute Gasteiger partial charge is 0.308 e. The molecule has 2 rings (SSSR count). The Bertz CT molecular complexity index is 585. The maximum Gasteiger partial charge on any atom is 0.308 e. The van der Waals surface area contributed by atoms with E-state index in [0.717, 1.165) is 26.4 Å². The molecule has 0 spiro atoms. The van der Waals surface area contributed by atoms with Crippen LogP contribution in [0.5, 0.6) is 0 Å². The Morgan fingerprint density at radius 1 is 1.32 bits per heavy atom. The molecule has 2 aromatic heterocycles. The fourth-order valence-electron chi connectivity index (χ4n) is 1.49. The van der Waals surface area contributed by atoms with Gasteiger partial charge in [0.1, 0.15) is 5.76 Å². The maximum atomic E-state index is 10.7. The van der Waals surface area contributed by atoms with Crippen molar-refractivity contribution in [1.29, 1.82) is 0 Å². The Balaban J connectivity index is 2.01.